The minimum atomic E-state index is -2.56. The summed E-state index contributed by atoms with van der Waals surface area (Å²) in [5.74, 6) is -2.81. The van der Waals surface area contributed by atoms with Crippen molar-refractivity contribution in [3.63, 3.8) is 0 Å². The number of carbonyl (C=O) groups is 1. The van der Waals surface area contributed by atoms with Gasteiger partial charge >= 0.3 is 5.79 Å². The van der Waals surface area contributed by atoms with Gasteiger partial charge in [0.25, 0.3) is 0 Å². The third-order valence-electron chi connectivity index (χ3n) is 2.51. The minimum absolute atomic E-state index is 0.121. The summed E-state index contributed by atoms with van der Waals surface area (Å²) in [5, 5.41) is 10.8. The van der Waals surface area contributed by atoms with Crippen LogP contribution in [0.5, 0.6) is 0 Å². The molecule has 0 amide bonds. The van der Waals surface area contributed by atoms with E-state index in [2.05, 4.69) is 0 Å². The number of alkyl halides is 1. The molecule has 4 nitrogen and oxygen atoms in total. The molecule has 1 rings (SSSR count). The highest BCUT2D eigenvalue weighted by Gasteiger charge is 2.42. The number of hydrogen-bond donors (Lipinski definition) is 0. The molecule has 0 spiro atoms. The van der Waals surface area contributed by atoms with E-state index in [-0.39, 0.29) is 25.0 Å². The first-order valence-corrected chi connectivity index (χ1v) is 5.31. The fraction of sp³-hybridized carbons (Fsp3) is 0.417. The molecular weight excluding hydrogens is 225 g/mol. The molecule has 1 aromatic carbocycles. The lowest BCUT2D eigenvalue weighted by Gasteiger charge is -2.16. The van der Waals surface area contributed by atoms with Crippen molar-refractivity contribution in [2.45, 2.75) is 32.0 Å². The zero-order chi connectivity index (χ0) is 12.9. The highest BCUT2D eigenvalue weighted by Crippen LogP contribution is 2.24. The monoisotopic (exact) mass is 239 g/mol. The SMILES string of the molecule is CC(=O)CCC(F)(Cc1ccccc1)[N+](=O)[O-]. The molecule has 0 saturated carbocycles. The second-order valence-electron chi connectivity index (χ2n) is 4.04. The summed E-state index contributed by atoms with van der Waals surface area (Å²) in [6.45, 7) is 1.29. The van der Waals surface area contributed by atoms with Crippen molar-refractivity contribution in [3.05, 3.63) is 46.0 Å². The number of ketones is 1. The molecule has 17 heavy (non-hydrogen) atoms. The van der Waals surface area contributed by atoms with Crippen LogP contribution in [-0.2, 0) is 11.2 Å². The van der Waals surface area contributed by atoms with E-state index in [0.717, 1.165) is 0 Å². The van der Waals surface area contributed by atoms with Crippen LogP contribution in [0.3, 0.4) is 0 Å². The van der Waals surface area contributed by atoms with E-state index in [1.807, 2.05) is 0 Å². The first-order valence-electron chi connectivity index (χ1n) is 5.31. The van der Waals surface area contributed by atoms with Gasteiger partial charge in [-0.2, -0.15) is 4.39 Å². The number of nitrogens with zero attached hydrogens (tertiary/aromatic N) is 1. The van der Waals surface area contributed by atoms with Crippen molar-refractivity contribution in [1.29, 1.82) is 0 Å². The van der Waals surface area contributed by atoms with Gasteiger partial charge in [-0.1, -0.05) is 30.3 Å². The van der Waals surface area contributed by atoms with Crippen molar-refractivity contribution >= 4 is 5.78 Å². The van der Waals surface area contributed by atoms with Gasteiger partial charge in [-0.15, -0.1) is 0 Å². The molecule has 0 heterocycles. The molecular formula is C12H14FNO3. The predicted octanol–water partition coefficient (Wildman–Crippen LogP) is 2.54. The number of rotatable bonds is 6. The van der Waals surface area contributed by atoms with E-state index in [0.29, 0.717) is 5.56 Å². The van der Waals surface area contributed by atoms with Crippen molar-refractivity contribution in [2.24, 2.45) is 0 Å². The number of nitro groups is 1. The maximum Gasteiger partial charge on any atom is 0.363 e. The number of Topliss-reactive ketones (excluding diaryl/α,β-unsaturated/α-hetero) is 1. The third kappa shape index (κ3) is 3.94. The first kappa shape index (κ1) is 13.3. The lowest BCUT2D eigenvalue weighted by molar-refractivity contribution is -0.606. The van der Waals surface area contributed by atoms with Crippen LogP contribution in [-0.4, -0.2) is 16.5 Å². The molecule has 0 radical (unpaired) electrons. The van der Waals surface area contributed by atoms with E-state index in [1.165, 1.54) is 6.92 Å². The number of benzene rings is 1. The third-order valence-corrected chi connectivity index (χ3v) is 2.51. The molecule has 92 valence electrons. The lowest BCUT2D eigenvalue weighted by Crippen LogP contribution is -2.36. The summed E-state index contributed by atoms with van der Waals surface area (Å²) in [7, 11) is 0. The minimum Gasteiger partial charge on any atom is -0.300 e. The Bertz CT molecular complexity index is 407. The van der Waals surface area contributed by atoms with Crippen LogP contribution in [0.25, 0.3) is 0 Å². The van der Waals surface area contributed by atoms with Gasteiger partial charge in [0, 0.05) is 6.42 Å². The Kier molecular flexibility index (Phi) is 4.31. The van der Waals surface area contributed by atoms with Crippen molar-refractivity contribution in [1.82, 2.24) is 0 Å². The van der Waals surface area contributed by atoms with E-state index >= 15 is 0 Å². The zero-order valence-electron chi connectivity index (χ0n) is 9.56. The average Bonchev–Trinajstić information content (AvgIpc) is 2.27. The first-order chi connectivity index (χ1) is 7.94. The average molecular weight is 239 g/mol. The topological polar surface area (TPSA) is 60.2 Å². The van der Waals surface area contributed by atoms with Gasteiger partial charge in [-0.05, 0) is 12.5 Å². The van der Waals surface area contributed by atoms with Crippen molar-refractivity contribution in [2.75, 3.05) is 0 Å². The van der Waals surface area contributed by atoms with Crippen LogP contribution in [0.15, 0.2) is 30.3 Å². The molecule has 0 aromatic heterocycles. The fourth-order valence-electron chi connectivity index (χ4n) is 1.52. The van der Waals surface area contributed by atoms with Crippen LogP contribution in [0, 0.1) is 10.1 Å². The van der Waals surface area contributed by atoms with Gasteiger partial charge in [0.15, 0.2) is 0 Å². The summed E-state index contributed by atoms with van der Waals surface area (Å²) >= 11 is 0. The van der Waals surface area contributed by atoms with E-state index in [9.17, 15) is 19.3 Å². The summed E-state index contributed by atoms with van der Waals surface area (Å²) in [5.41, 5.74) is 0.551. The Hall–Kier alpha value is -1.78. The number of hydrogen-bond acceptors (Lipinski definition) is 3. The van der Waals surface area contributed by atoms with Crippen LogP contribution in [0.4, 0.5) is 4.39 Å². The molecule has 1 atom stereocenters. The Balaban J connectivity index is 2.78. The maximum absolute atomic E-state index is 14.1. The molecule has 0 fully saturated rings. The highest BCUT2D eigenvalue weighted by atomic mass is 19.1. The normalized spacial score (nSPS) is 14.0. The summed E-state index contributed by atoms with van der Waals surface area (Å²) < 4.78 is 14.1. The van der Waals surface area contributed by atoms with Gasteiger partial charge < -0.3 is 4.79 Å². The molecule has 0 N–H and O–H groups in total. The Morgan fingerprint density at radius 1 is 1.41 bits per heavy atom. The smallest absolute Gasteiger partial charge is 0.300 e. The van der Waals surface area contributed by atoms with E-state index < -0.39 is 10.7 Å². The van der Waals surface area contributed by atoms with E-state index in [4.69, 9.17) is 0 Å². The van der Waals surface area contributed by atoms with Crippen molar-refractivity contribution in [3.8, 4) is 0 Å². The molecule has 0 saturated heterocycles. The summed E-state index contributed by atoms with van der Waals surface area (Å²) in [6.07, 6.45) is -0.817. The Labute approximate surface area is 98.6 Å². The molecule has 0 aliphatic rings. The van der Waals surface area contributed by atoms with Crippen molar-refractivity contribution < 1.29 is 14.1 Å². The number of halogens is 1. The predicted molar refractivity (Wildman–Crippen MR) is 60.9 cm³/mol. The molecule has 1 aromatic rings. The molecule has 1 unspecified atom stereocenters. The van der Waals surface area contributed by atoms with Crippen LogP contribution in [0.1, 0.15) is 25.3 Å². The molecule has 5 heteroatoms. The van der Waals surface area contributed by atoms with Crippen LogP contribution in [0.2, 0.25) is 0 Å². The summed E-state index contributed by atoms with van der Waals surface area (Å²) in [4.78, 5) is 20.6. The second-order valence-corrected chi connectivity index (χ2v) is 4.04. The standard InChI is InChI=1S/C12H14FNO3/c1-10(15)7-8-12(13,14(16)17)9-11-5-3-2-4-6-11/h2-6H,7-9H2,1H3. The van der Waals surface area contributed by atoms with Gasteiger partial charge in [-0.3, -0.25) is 10.1 Å². The fourth-order valence-corrected chi connectivity index (χ4v) is 1.52. The zero-order valence-corrected chi connectivity index (χ0v) is 9.56. The molecule has 0 bridgehead atoms. The van der Waals surface area contributed by atoms with Gasteiger partial charge in [0.05, 0.1) is 17.8 Å². The van der Waals surface area contributed by atoms with Crippen LogP contribution >= 0.6 is 0 Å². The van der Waals surface area contributed by atoms with Gasteiger partial charge in [-0.25, -0.2) is 0 Å². The number of carbonyl (C=O) groups excluding carboxylic acids is 1. The van der Waals surface area contributed by atoms with E-state index in [1.54, 1.807) is 30.3 Å². The molecule has 0 aliphatic heterocycles. The highest BCUT2D eigenvalue weighted by molar-refractivity contribution is 5.75. The lowest BCUT2D eigenvalue weighted by atomic mass is 9.99. The quantitative estimate of drug-likeness (QED) is 0.435. The molecule has 0 aliphatic carbocycles. The summed E-state index contributed by atoms with van der Waals surface area (Å²) in [6, 6.07) is 8.41. The Morgan fingerprint density at radius 3 is 2.47 bits per heavy atom. The van der Waals surface area contributed by atoms with Gasteiger partial charge in [0.2, 0.25) is 0 Å². The maximum atomic E-state index is 14.1. The second kappa shape index (κ2) is 5.52. The van der Waals surface area contributed by atoms with Gasteiger partial charge in [0.1, 0.15) is 5.78 Å². The Morgan fingerprint density at radius 2 is 2.00 bits per heavy atom. The largest absolute Gasteiger partial charge is 0.363 e. The van der Waals surface area contributed by atoms with Crippen LogP contribution < -0.4 is 0 Å².